The Bertz CT molecular complexity index is 962. The lowest BCUT2D eigenvalue weighted by Gasteiger charge is -2.36. The second-order valence-corrected chi connectivity index (χ2v) is 8.56. The summed E-state index contributed by atoms with van der Waals surface area (Å²) >= 11 is 0. The largest absolute Gasteiger partial charge is 0.393 e. The number of nitrogens with zero attached hydrogens (tertiary/aromatic N) is 3. The van der Waals surface area contributed by atoms with Crippen molar-refractivity contribution in [1.82, 2.24) is 14.5 Å². The van der Waals surface area contributed by atoms with Gasteiger partial charge in [-0.25, -0.2) is 4.98 Å². The van der Waals surface area contributed by atoms with Crippen molar-refractivity contribution in [2.45, 2.75) is 49.7 Å². The number of hydrogen-bond donors (Lipinski definition) is 2. The lowest BCUT2D eigenvalue weighted by molar-refractivity contribution is -0.139. The van der Waals surface area contributed by atoms with E-state index in [2.05, 4.69) is 10.3 Å². The summed E-state index contributed by atoms with van der Waals surface area (Å²) in [4.78, 5) is 33.3. The molecule has 29 heavy (non-hydrogen) atoms. The number of imidazole rings is 1. The average molecular weight is 394 g/mol. The normalized spacial score (nSPS) is 31.2. The average Bonchev–Trinajstić information content (AvgIpc) is 3.39. The molecule has 1 aromatic heterocycles. The monoisotopic (exact) mass is 394 g/mol. The maximum absolute atomic E-state index is 13.6. The zero-order chi connectivity index (χ0) is 20.2. The Morgan fingerprint density at radius 1 is 1.24 bits per heavy atom. The van der Waals surface area contributed by atoms with E-state index in [1.807, 2.05) is 47.0 Å². The van der Waals surface area contributed by atoms with E-state index < -0.39 is 11.5 Å². The van der Waals surface area contributed by atoms with Crippen LogP contribution in [0.15, 0.2) is 36.7 Å². The smallest absolute Gasteiger partial charge is 0.237 e. The number of benzene rings is 1. The molecule has 2 aromatic rings. The molecule has 1 saturated heterocycles. The van der Waals surface area contributed by atoms with Crippen molar-refractivity contribution in [3.8, 4) is 0 Å². The summed E-state index contributed by atoms with van der Waals surface area (Å²) in [7, 11) is 1.91. The molecular formula is C22H26N4O3. The molecule has 2 N–H and O–H groups in total. The highest BCUT2D eigenvalue weighted by molar-refractivity contribution is 6.07. The molecule has 0 radical (unpaired) electrons. The number of anilines is 1. The number of nitrogens with one attached hydrogen (secondary N) is 1. The van der Waals surface area contributed by atoms with E-state index in [1.165, 1.54) is 0 Å². The minimum absolute atomic E-state index is 0.0546. The number of fused-ring (bicyclic) bond motifs is 2. The number of rotatable bonds is 2. The van der Waals surface area contributed by atoms with Gasteiger partial charge in [0.05, 0.1) is 6.10 Å². The standard InChI is InChI=1S/C22H26N4O3/c1-25-13-11-23-19(25)18-22(16-4-2-3-5-17(16)24-21(22)29)10-12-26(18)20(28)14-6-8-15(27)9-7-14/h2-5,11,13-15,18,27H,6-10,12H2,1H3,(H,24,29)/t14?,15?,18-,22+/m0/s1. The van der Waals surface area contributed by atoms with Gasteiger partial charge in [-0.15, -0.1) is 0 Å². The molecule has 7 nitrogen and oxygen atoms in total. The molecule has 0 bridgehead atoms. The first-order chi connectivity index (χ1) is 14.0. The molecule has 2 fully saturated rings. The Balaban J connectivity index is 1.59. The molecule has 2 atom stereocenters. The Labute approximate surface area is 169 Å². The number of aryl methyl sites for hydroxylation is 1. The topological polar surface area (TPSA) is 87.5 Å². The predicted octanol–water partition coefficient (Wildman–Crippen LogP) is 2.13. The third-order valence-corrected chi connectivity index (χ3v) is 7.02. The Hall–Kier alpha value is -2.67. The van der Waals surface area contributed by atoms with Crippen LogP contribution >= 0.6 is 0 Å². The first-order valence-electron chi connectivity index (χ1n) is 10.4. The second kappa shape index (κ2) is 6.69. The van der Waals surface area contributed by atoms with E-state index in [0.29, 0.717) is 38.6 Å². The van der Waals surface area contributed by atoms with Crippen molar-refractivity contribution in [2.75, 3.05) is 11.9 Å². The van der Waals surface area contributed by atoms with Gasteiger partial charge < -0.3 is 19.9 Å². The number of amides is 2. The summed E-state index contributed by atoms with van der Waals surface area (Å²) < 4.78 is 1.91. The summed E-state index contributed by atoms with van der Waals surface area (Å²) in [6.45, 7) is 0.525. The van der Waals surface area contributed by atoms with Gasteiger partial charge in [0.1, 0.15) is 17.3 Å². The Morgan fingerprint density at radius 2 is 2.00 bits per heavy atom. The number of likely N-dealkylation sites (tertiary alicyclic amines) is 1. The van der Waals surface area contributed by atoms with Gasteiger partial charge in [0.2, 0.25) is 11.8 Å². The quantitative estimate of drug-likeness (QED) is 0.817. The van der Waals surface area contributed by atoms with Crippen molar-refractivity contribution >= 4 is 17.5 Å². The van der Waals surface area contributed by atoms with E-state index in [1.54, 1.807) is 6.20 Å². The third-order valence-electron chi connectivity index (χ3n) is 7.02. The van der Waals surface area contributed by atoms with Crippen LogP contribution in [0.4, 0.5) is 5.69 Å². The summed E-state index contributed by atoms with van der Waals surface area (Å²) in [5.74, 6) is 0.662. The highest BCUT2D eigenvalue weighted by Gasteiger charge is 2.61. The molecule has 1 aliphatic carbocycles. The van der Waals surface area contributed by atoms with Gasteiger partial charge in [-0.2, -0.15) is 0 Å². The van der Waals surface area contributed by atoms with Crippen LogP contribution in [-0.4, -0.2) is 44.0 Å². The molecule has 152 valence electrons. The highest BCUT2D eigenvalue weighted by Crippen LogP contribution is 2.54. The molecule has 3 aliphatic rings. The van der Waals surface area contributed by atoms with Crippen LogP contribution in [-0.2, 0) is 22.1 Å². The maximum atomic E-state index is 13.6. The van der Waals surface area contributed by atoms with Crippen LogP contribution in [0.5, 0.6) is 0 Å². The maximum Gasteiger partial charge on any atom is 0.237 e. The van der Waals surface area contributed by atoms with E-state index in [4.69, 9.17) is 0 Å². The van der Waals surface area contributed by atoms with Crippen molar-refractivity contribution in [3.63, 3.8) is 0 Å². The van der Waals surface area contributed by atoms with Gasteiger partial charge in [0.25, 0.3) is 0 Å². The molecule has 0 unspecified atom stereocenters. The molecule has 7 heteroatoms. The van der Waals surface area contributed by atoms with Crippen LogP contribution in [0.1, 0.15) is 49.5 Å². The number of carbonyl (C=O) groups is 2. The molecule has 1 saturated carbocycles. The van der Waals surface area contributed by atoms with Crippen LogP contribution in [0.2, 0.25) is 0 Å². The zero-order valence-corrected chi connectivity index (χ0v) is 16.5. The summed E-state index contributed by atoms with van der Waals surface area (Å²) in [5, 5.41) is 12.9. The van der Waals surface area contributed by atoms with Crippen LogP contribution < -0.4 is 5.32 Å². The van der Waals surface area contributed by atoms with E-state index in [9.17, 15) is 14.7 Å². The second-order valence-electron chi connectivity index (χ2n) is 8.56. The zero-order valence-electron chi connectivity index (χ0n) is 16.5. The minimum Gasteiger partial charge on any atom is -0.393 e. The third kappa shape index (κ3) is 2.64. The Kier molecular flexibility index (Phi) is 4.24. The van der Waals surface area contributed by atoms with Gasteiger partial charge in [-0.3, -0.25) is 9.59 Å². The van der Waals surface area contributed by atoms with E-state index >= 15 is 0 Å². The summed E-state index contributed by atoms with van der Waals surface area (Å²) in [6.07, 6.45) is 6.56. The number of carbonyl (C=O) groups excluding carboxylic acids is 2. The van der Waals surface area contributed by atoms with E-state index in [0.717, 1.165) is 17.1 Å². The fraction of sp³-hybridized carbons (Fsp3) is 0.500. The molecule has 3 heterocycles. The molecule has 2 amide bonds. The van der Waals surface area contributed by atoms with Gasteiger partial charge in [0.15, 0.2) is 0 Å². The van der Waals surface area contributed by atoms with Crippen LogP contribution in [0, 0.1) is 5.92 Å². The lowest BCUT2D eigenvalue weighted by atomic mass is 9.74. The molecule has 5 rings (SSSR count). The van der Waals surface area contributed by atoms with E-state index in [-0.39, 0.29) is 23.8 Å². The fourth-order valence-corrected chi connectivity index (χ4v) is 5.48. The SMILES string of the molecule is Cn1ccnc1[C@@H]1N(C(=O)C2CCC(O)CC2)CC[C@]12C(=O)Nc1ccccc12. The van der Waals surface area contributed by atoms with Crippen molar-refractivity contribution in [2.24, 2.45) is 13.0 Å². The van der Waals surface area contributed by atoms with Crippen molar-refractivity contribution in [3.05, 3.63) is 48.0 Å². The first-order valence-corrected chi connectivity index (χ1v) is 10.4. The number of hydrogen-bond acceptors (Lipinski definition) is 4. The van der Waals surface area contributed by atoms with Gasteiger partial charge in [-0.05, 0) is 43.7 Å². The summed E-state index contributed by atoms with van der Waals surface area (Å²) in [6, 6.07) is 7.34. The number of para-hydroxylation sites is 1. The first kappa shape index (κ1) is 18.4. The lowest BCUT2D eigenvalue weighted by Crippen LogP contribution is -2.45. The van der Waals surface area contributed by atoms with Crippen molar-refractivity contribution < 1.29 is 14.7 Å². The van der Waals surface area contributed by atoms with Gasteiger partial charge >= 0.3 is 0 Å². The minimum atomic E-state index is -0.820. The van der Waals surface area contributed by atoms with Crippen molar-refractivity contribution in [1.29, 1.82) is 0 Å². The highest BCUT2D eigenvalue weighted by atomic mass is 16.3. The fourth-order valence-electron chi connectivity index (χ4n) is 5.48. The van der Waals surface area contributed by atoms with Gasteiger partial charge in [0, 0.05) is 37.6 Å². The van der Waals surface area contributed by atoms with Gasteiger partial charge in [-0.1, -0.05) is 18.2 Å². The predicted molar refractivity (Wildman–Crippen MR) is 107 cm³/mol. The number of aromatic nitrogens is 2. The summed E-state index contributed by atoms with van der Waals surface area (Å²) in [5.41, 5.74) is 0.957. The Morgan fingerprint density at radius 3 is 2.72 bits per heavy atom. The molecule has 2 aliphatic heterocycles. The van der Waals surface area contributed by atoms with Crippen LogP contribution in [0.25, 0.3) is 0 Å². The van der Waals surface area contributed by atoms with Crippen LogP contribution in [0.3, 0.4) is 0 Å². The molecular weight excluding hydrogens is 368 g/mol. The number of aliphatic hydroxyl groups excluding tert-OH is 1. The number of aliphatic hydroxyl groups is 1. The molecule has 1 aromatic carbocycles. The molecule has 1 spiro atoms.